The van der Waals surface area contributed by atoms with Crippen molar-refractivity contribution >= 4 is 22.8 Å². The average Bonchev–Trinajstić information content (AvgIpc) is 2.18. The molecule has 5 heteroatoms. The van der Waals surface area contributed by atoms with E-state index in [9.17, 15) is 9.59 Å². The Hall–Kier alpha value is -1.55. The van der Waals surface area contributed by atoms with Crippen LogP contribution in [0.4, 0.5) is 0 Å². The van der Waals surface area contributed by atoms with Gasteiger partial charge in [0.15, 0.2) is 0 Å². The van der Waals surface area contributed by atoms with Crippen LogP contribution in [0.15, 0.2) is 30.3 Å². The second-order valence-corrected chi connectivity index (χ2v) is 3.02. The lowest BCUT2D eigenvalue weighted by Crippen LogP contribution is -2.23. The van der Waals surface area contributed by atoms with Gasteiger partial charge in [0.25, 0.3) is 0 Å². The Morgan fingerprint density at radius 3 is 2.40 bits per heavy atom. The van der Waals surface area contributed by atoms with Crippen molar-refractivity contribution in [1.82, 2.24) is 0 Å². The minimum atomic E-state index is -1.17. The summed E-state index contributed by atoms with van der Waals surface area (Å²) >= 11 is 4.91. The fourth-order valence-electron chi connectivity index (χ4n) is 0.912. The molecule has 1 rings (SSSR count). The van der Waals surface area contributed by atoms with E-state index in [-0.39, 0.29) is 0 Å². The molecular weight excluding hydrogens is 220 g/mol. The summed E-state index contributed by atoms with van der Waals surface area (Å²) in [6.07, 6.45) is -0.859. The van der Waals surface area contributed by atoms with Gasteiger partial charge in [-0.2, -0.15) is 0 Å². The standard InChI is InChI=1S/C10H9ClO4/c1-7(15-10(13)9(11)12)14-8-5-3-2-4-6-8/h2-7H,1H3. The molecule has 80 valence electrons. The highest BCUT2D eigenvalue weighted by Crippen LogP contribution is 2.11. The number of ether oxygens (including phenoxy) is 2. The molecule has 4 nitrogen and oxygen atoms in total. The Kier molecular flexibility index (Phi) is 4.12. The number of para-hydroxylation sites is 1. The van der Waals surface area contributed by atoms with E-state index in [1.807, 2.05) is 6.07 Å². The van der Waals surface area contributed by atoms with Crippen molar-refractivity contribution in [2.24, 2.45) is 0 Å². The van der Waals surface area contributed by atoms with Crippen molar-refractivity contribution < 1.29 is 19.1 Å². The first-order chi connectivity index (χ1) is 7.09. The molecule has 0 bridgehead atoms. The lowest BCUT2D eigenvalue weighted by atomic mass is 10.3. The van der Waals surface area contributed by atoms with Gasteiger partial charge in [0.1, 0.15) is 5.75 Å². The van der Waals surface area contributed by atoms with Crippen LogP contribution in [-0.4, -0.2) is 17.5 Å². The van der Waals surface area contributed by atoms with Gasteiger partial charge in [0.05, 0.1) is 0 Å². The van der Waals surface area contributed by atoms with Crippen molar-refractivity contribution in [3.8, 4) is 5.75 Å². The summed E-state index contributed by atoms with van der Waals surface area (Å²) in [6.45, 7) is 1.49. The van der Waals surface area contributed by atoms with Gasteiger partial charge >= 0.3 is 11.2 Å². The van der Waals surface area contributed by atoms with E-state index >= 15 is 0 Å². The topological polar surface area (TPSA) is 52.6 Å². The van der Waals surface area contributed by atoms with Gasteiger partial charge in [-0.1, -0.05) is 18.2 Å². The quantitative estimate of drug-likeness (QED) is 0.341. The van der Waals surface area contributed by atoms with Crippen molar-refractivity contribution in [3.63, 3.8) is 0 Å². The largest absolute Gasteiger partial charge is 0.455 e. The second-order valence-electron chi connectivity index (χ2n) is 2.68. The molecule has 0 aliphatic heterocycles. The summed E-state index contributed by atoms with van der Waals surface area (Å²) in [6, 6.07) is 8.78. The van der Waals surface area contributed by atoms with Crippen molar-refractivity contribution in [1.29, 1.82) is 0 Å². The van der Waals surface area contributed by atoms with E-state index in [0.717, 1.165) is 0 Å². The summed E-state index contributed by atoms with van der Waals surface area (Å²) in [7, 11) is 0. The van der Waals surface area contributed by atoms with Crippen LogP contribution in [0.25, 0.3) is 0 Å². The van der Waals surface area contributed by atoms with E-state index in [0.29, 0.717) is 5.75 Å². The third-order valence-corrected chi connectivity index (χ3v) is 1.63. The zero-order valence-corrected chi connectivity index (χ0v) is 8.73. The van der Waals surface area contributed by atoms with Crippen LogP contribution < -0.4 is 4.74 Å². The Morgan fingerprint density at radius 2 is 1.87 bits per heavy atom. The van der Waals surface area contributed by atoms with Gasteiger partial charge in [-0.25, -0.2) is 4.79 Å². The molecule has 0 radical (unpaired) electrons. The molecule has 1 aromatic carbocycles. The van der Waals surface area contributed by atoms with E-state index in [2.05, 4.69) is 4.74 Å². The molecule has 0 aliphatic rings. The predicted octanol–water partition coefficient (Wildman–Crippen LogP) is 1.72. The van der Waals surface area contributed by atoms with Crippen LogP contribution >= 0.6 is 11.6 Å². The summed E-state index contributed by atoms with van der Waals surface area (Å²) < 4.78 is 9.75. The molecule has 0 fully saturated rings. The zero-order chi connectivity index (χ0) is 11.3. The van der Waals surface area contributed by atoms with E-state index in [1.165, 1.54) is 6.92 Å². The minimum absolute atomic E-state index is 0.542. The lowest BCUT2D eigenvalue weighted by Gasteiger charge is -2.13. The fraction of sp³-hybridized carbons (Fsp3) is 0.200. The van der Waals surface area contributed by atoms with Crippen molar-refractivity contribution in [3.05, 3.63) is 30.3 Å². The second kappa shape index (κ2) is 5.36. The summed E-state index contributed by atoms with van der Waals surface area (Å²) in [5.74, 6) is -0.583. The minimum Gasteiger partial charge on any atom is -0.455 e. The first kappa shape index (κ1) is 11.5. The Morgan fingerprint density at radius 1 is 1.27 bits per heavy atom. The highest BCUT2D eigenvalue weighted by molar-refractivity contribution is 6.80. The number of hydrogen-bond acceptors (Lipinski definition) is 4. The predicted molar refractivity (Wildman–Crippen MR) is 53.5 cm³/mol. The van der Waals surface area contributed by atoms with Crippen LogP contribution in [-0.2, 0) is 14.3 Å². The highest BCUT2D eigenvalue weighted by Gasteiger charge is 2.16. The molecule has 0 aliphatic carbocycles. The smallest absolute Gasteiger partial charge is 0.394 e. The molecular formula is C10H9ClO4. The molecule has 1 aromatic rings. The first-order valence-electron chi connectivity index (χ1n) is 4.21. The molecule has 1 atom stereocenters. The number of carbonyl (C=O) groups excluding carboxylic acids is 2. The molecule has 0 saturated heterocycles. The van der Waals surface area contributed by atoms with Gasteiger partial charge in [0, 0.05) is 6.92 Å². The van der Waals surface area contributed by atoms with Crippen LogP contribution in [0.2, 0.25) is 0 Å². The van der Waals surface area contributed by atoms with Gasteiger partial charge in [0.2, 0.25) is 6.29 Å². The number of benzene rings is 1. The molecule has 15 heavy (non-hydrogen) atoms. The maximum Gasteiger partial charge on any atom is 0.394 e. The van der Waals surface area contributed by atoms with E-state index < -0.39 is 17.5 Å². The van der Waals surface area contributed by atoms with E-state index in [4.69, 9.17) is 16.3 Å². The van der Waals surface area contributed by atoms with Gasteiger partial charge in [-0.15, -0.1) is 0 Å². The molecule has 0 heterocycles. The van der Waals surface area contributed by atoms with Gasteiger partial charge < -0.3 is 9.47 Å². The summed E-state index contributed by atoms with van der Waals surface area (Å²) in [5.41, 5.74) is 0. The molecule has 0 saturated carbocycles. The van der Waals surface area contributed by atoms with Gasteiger partial charge in [-0.05, 0) is 23.7 Å². The monoisotopic (exact) mass is 228 g/mol. The Labute approximate surface area is 91.7 Å². The molecule has 0 amide bonds. The third-order valence-electron chi connectivity index (χ3n) is 1.48. The van der Waals surface area contributed by atoms with E-state index in [1.54, 1.807) is 24.3 Å². The van der Waals surface area contributed by atoms with Crippen LogP contribution in [0.3, 0.4) is 0 Å². The number of carbonyl (C=O) groups is 2. The van der Waals surface area contributed by atoms with Crippen molar-refractivity contribution in [2.45, 2.75) is 13.2 Å². The van der Waals surface area contributed by atoms with Crippen LogP contribution in [0.1, 0.15) is 6.92 Å². The molecule has 0 spiro atoms. The fourth-order valence-corrected chi connectivity index (χ4v) is 0.956. The number of rotatable bonds is 4. The Bertz CT molecular complexity index is 350. The highest BCUT2D eigenvalue weighted by atomic mass is 35.5. The maximum atomic E-state index is 10.8. The SMILES string of the molecule is CC(OC(=O)C(=O)Cl)Oc1ccccc1. The summed E-state index contributed by atoms with van der Waals surface area (Å²) in [4.78, 5) is 21.1. The summed E-state index contributed by atoms with van der Waals surface area (Å²) in [5, 5.41) is -1.17. The molecule has 1 unspecified atom stereocenters. The maximum absolute atomic E-state index is 10.8. The normalized spacial score (nSPS) is 11.6. The average molecular weight is 229 g/mol. The molecule has 0 N–H and O–H groups in total. The first-order valence-corrected chi connectivity index (χ1v) is 4.59. The van der Waals surface area contributed by atoms with Crippen LogP contribution in [0.5, 0.6) is 5.75 Å². The van der Waals surface area contributed by atoms with Crippen LogP contribution in [0, 0.1) is 0 Å². The zero-order valence-electron chi connectivity index (χ0n) is 7.98. The van der Waals surface area contributed by atoms with Gasteiger partial charge in [-0.3, -0.25) is 4.79 Å². The van der Waals surface area contributed by atoms with Crippen molar-refractivity contribution in [2.75, 3.05) is 0 Å². The number of halogens is 1. The Balaban J connectivity index is 2.46. The molecule has 0 aromatic heterocycles. The lowest BCUT2D eigenvalue weighted by molar-refractivity contribution is -0.164. The third kappa shape index (κ3) is 3.99. The number of hydrogen-bond donors (Lipinski definition) is 0. The number of esters is 1.